The number of esters is 1. The molecule has 0 amide bonds. The van der Waals surface area contributed by atoms with Gasteiger partial charge in [0.2, 0.25) is 5.95 Å². The summed E-state index contributed by atoms with van der Waals surface area (Å²) in [5.41, 5.74) is 4.44. The van der Waals surface area contributed by atoms with Gasteiger partial charge in [0, 0.05) is 11.4 Å². The van der Waals surface area contributed by atoms with Gasteiger partial charge in [0.05, 0.1) is 18.9 Å². The van der Waals surface area contributed by atoms with Gasteiger partial charge >= 0.3 is 5.97 Å². The summed E-state index contributed by atoms with van der Waals surface area (Å²) in [5, 5.41) is 14.2. The lowest BCUT2D eigenvalue weighted by Gasteiger charge is -2.09. The number of ether oxygens (including phenoxy) is 1. The molecule has 3 aromatic rings. The lowest BCUT2D eigenvalue weighted by molar-refractivity contribution is 0.0601. The lowest BCUT2D eigenvalue weighted by atomic mass is 10.1. The predicted molar refractivity (Wildman–Crippen MR) is 100 cm³/mol. The van der Waals surface area contributed by atoms with Crippen LogP contribution in [0, 0.1) is 13.8 Å². The number of aryl methyl sites for hydroxylation is 2. The van der Waals surface area contributed by atoms with Gasteiger partial charge in [-0.15, -0.1) is 5.10 Å². The molecule has 0 aliphatic heterocycles. The van der Waals surface area contributed by atoms with Crippen LogP contribution in [0.4, 0.5) is 23.1 Å². The standard InChI is InChI=1S/C19H19N5O2/c1-12-7-8-16(9-13(12)2)22-19-23-17(11-20-24-19)21-15-6-4-5-14(10-15)18(25)26-3/h4-11H,1-3H3,(H2,21,22,23,24). The number of anilines is 4. The monoisotopic (exact) mass is 349 g/mol. The average molecular weight is 349 g/mol. The molecule has 2 aromatic carbocycles. The molecule has 0 fully saturated rings. The minimum absolute atomic E-state index is 0.377. The zero-order valence-corrected chi connectivity index (χ0v) is 14.8. The summed E-state index contributed by atoms with van der Waals surface area (Å²) in [6.07, 6.45) is 1.51. The van der Waals surface area contributed by atoms with Crippen molar-refractivity contribution in [1.82, 2.24) is 15.2 Å². The molecule has 2 N–H and O–H groups in total. The number of carbonyl (C=O) groups is 1. The first-order chi connectivity index (χ1) is 12.5. The van der Waals surface area contributed by atoms with Crippen molar-refractivity contribution in [2.24, 2.45) is 0 Å². The van der Waals surface area contributed by atoms with Crippen molar-refractivity contribution in [1.29, 1.82) is 0 Å². The normalized spacial score (nSPS) is 10.3. The quantitative estimate of drug-likeness (QED) is 0.678. The van der Waals surface area contributed by atoms with Crippen LogP contribution in [0.3, 0.4) is 0 Å². The van der Waals surface area contributed by atoms with E-state index in [1.165, 1.54) is 24.4 Å². The molecule has 7 heteroatoms. The summed E-state index contributed by atoms with van der Waals surface area (Å²) in [4.78, 5) is 16.0. The van der Waals surface area contributed by atoms with Crippen LogP contribution in [-0.2, 0) is 4.74 Å². The number of hydrogen-bond acceptors (Lipinski definition) is 7. The summed E-state index contributed by atoms with van der Waals surface area (Å²) >= 11 is 0. The molecule has 0 spiro atoms. The Morgan fingerprint density at radius 3 is 2.58 bits per heavy atom. The predicted octanol–water partition coefficient (Wildman–Crippen LogP) is 3.76. The van der Waals surface area contributed by atoms with E-state index in [0.29, 0.717) is 23.0 Å². The van der Waals surface area contributed by atoms with Crippen LogP contribution in [0.15, 0.2) is 48.7 Å². The van der Waals surface area contributed by atoms with Gasteiger partial charge in [-0.25, -0.2) is 4.79 Å². The Hall–Kier alpha value is -3.48. The van der Waals surface area contributed by atoms with E-state index in [1.54, 1.807) is 18.2 Å². The van der Waals surface area contributed by atoms with E-state index in [0.717, 1.165) is 5.69 Å². The molecule has 0 saturated carbocycles. The Morgan fingerprint density at radius 2 is 1.81 bits per heavy atom. The smallest absolute Gasteiger partial charge is 0.337 e. The van der Waals surface area contributed by atoms with Crippen molar-refractivity contribution in [2.75, 3.05) is 17.7 Å². The Labute approximate surface area is 151 Å². The summed E-state index contributed by atoms with van der Waals surface area (Å²) in [6.45, 7) is 4.11. The van der Waals surface area contributed by atoms with E-state index in [-0.39, 0.29) is 0 Å². The van der Waals surface area contributed by atoms with Gasteiger partial charge in [-0.2, -0.15) is 10.1 Å². The minimum atomic E-state index is -0.397. The highest BCUT2D eigenvalue weighted by Gasteiger charge is 2.07. The van der Waals surface area contributed by atoms with Crippen LogP contribution in [0.5, 0.6) is 0 Å². The molecule has 0 aliphatic rings. The van der Waals surface area contributed by atoms with Crippen molar-refractivity contribution in [3.05, 3.63) is 65.4 Å². The van der Waals surface area contributed by atoms with Gasteiger partial charge in [0.15, 0.2) is 5.82 Å². The number of hydrogen-bond donors (Lipinski definition) is 2. The zero-order chi connectivity index (χ0) is 18.5. The molecule has 7 nitrogen and oxygen atoms in total. The summed E-state index contributed by atoms with van der Waals surface area (Å²) in [6, 6.07) is 13.0. The van der Waals surface area contributed by atoms with Gasteiger partial charge in [-0.1, -0.05) is 12.1 Å². The topological polar surface area (TPSA) is 89.0 Å². The molecule has 0 saturated heterocycles. The first-order valence-corrected chi connectivity index (χ1v) is 8.04. The van der Waals surface area contributed by atoms with Crippen LogP contribution in [0.1, 0.15) is 21.5 Å². The molecule has 3 rings (SSSR count). The summed E-state index contributed by atoms with van der Waals surface area (Å²) in [5.74, 6) is 0.488. The molecule has 0 bridgehead atoms. The Morgan fingerprint density at radius 1 is 1.00 bits per heavy atom. The first-order valence-electron chi connectivity index (χ1n) is 8.04. The third-order valence-corrected chi connectivity index (χ3v) is 3.88. The van der Waals surface area contributed by atoms with E-state index < -0.39 is 5.97 Å². The Kier molecular flexibility index (Phi) is 5.07. The van der Waals surface area contributed by atoms with E-state index in [9.17, 15) is 4.79 Å². The van der Waals surface area contributed by atoms with Crippen LogP contribution in [-0.4, -0.2) is 28.3 Å². The first kappa shape index (κ1) is 17.3. The highest BCUT2D eigenvalue weighted by atomic mass is 16.5. The number of methoxy groups -OCH3 is 1. The maximum Gasteiger partial charge on any atom is 0.337 e. The van der Waals surface area contributed by atoms with E-state index in [1.807, 2.05) is 31.2 Å². The lowest BCUT2D eigenvalue weighted by Crippen LogP contribution is -2.04. The fraction of sp³-hybridized carbons (Fsp3) is 0.158. The van der Waals surface area contributed by atoms with Gasteiger partial charge < -0.3 is 15.4 Å². The maximum absolute atomic E-state index is 11.6. The van der Waals surface area contributed by atoms with Gasteiger partial charge in [0.1, 0.15) is 0 Å². The molecule has 0 atom stereocenters. The third kappa shape index (κ3) is 4.13. The zero-order valence-electron chi connectivity index (χ0n) is 14.8. The second kappa shape index (κ2) is 7.60. The van der Waals surface area contributed by atoms with Crippen LogP contribution in [0.25, 0.3) is 0 Å². The highest BCUT2D eigenvalue weighted by Crippen LogP contribution is 2.19. The fourth-order valence-corrected chi connectivity index (χ4v) is 2.35. The molecule has 1 heterocycles. The molecule has 132 valence electrons. The van der Waals surface area contributed by atoms with Crippen LogP contribution >= 0.6 is 0 Å². The molecule has 0 unspecified atom stereocenters. The van der Waals surface area contributed by atoms with Crippen molar-refractivity contribution in [2.45, 2.75) is 13.8 Å². The number of nitrogens with zero attached hydrogens (tertiary/aromatic N) is 3. The Balaban J connectivity index is 1.77. The summed E-state index contributed by atoms with van der Waals surface area (Å²) in [7, 11) is 1.35. The number of aromatic nitrogens is 3. The van der Waals surface area contributed by atoms with Gasteiger partial charge in [-0.3, -0.25) is 0 Å². The molecular formula is C19H19N5O2. The second-order valence-electron chi connectivity index (χ2n) is 5.79. The largest absolute Gasteiger partial charge is 0.465 e. The van der Waals surface area contributed by atoms with Crippen molar-refractivity contribution < 1.29 is 9.53 Å². The molecular weight excluding hydrogens is 330 g/mol. The van der Waals surface area contributed by atoms with E-state index in [2.05, 4.69) is 32.7 Å². The molecule has 0 aliphatic carbocycles. The highest BCUT2D eigenvalue weighted by molar-refractivity contribution is 5.90. The number of rotatable bonds is 5. The Bertz CT molecular complexity index is 943. The molecule has 26 heavy (non-hydrogen) atoms. The number of nitrogens with one attached hydrogen (secondary N) is 2. The van der Waals surface area contributed by atoms with Gasteiger partial charge in [0.25, 0.3) is 0 Å². The van der Waals surface area contributed by atoms with Crippen LogP contribution in [0.2, 0.25) is 0 Å². The third-order valence-electron chi connectivity index (χ3n) is 3.88. The van der Waals surface area contributed by atoms with E-state index in [4.69, 9.17) is 4.74 Å². The van der Waals surface area contributed by atoms with Crippen molar-refractivity contribution in [3.8, 4) is 0 Å². The van der Waals surface area contributed by atoms with Crippen molar-refractivity contribution >= 4 is 29.1 Å². The molecule has 1 aromatic heterocycles. The molecule has 0 radical (unpaired) electrons. The average Bonchev–Trinajstić information content (AvgIpc) is 2.64. The minimum Gasteiger partial charge on any atom is -0.465 e. The summed E-state index contributed by atoms with van der Waals surface area (Å²) < 4.78 is 4.73. The number of carbonyl (C=O) groups excluding carboxylic acids is 1. The van der Waals surface area contributed by atoms with Crippen molar-refractivity contribution in [3.63, 3.8) is 0 Å². The number of benzene rings is 2. The second-order valence-corrected chi connectivity index (χ2v) is 5.79. The SMILES string of the molecule is COC(=O)c1cccc(Nc2cnnc(Nc3ccc(C)c(C)c3)n2)c1. The fourth-order valence-electron chi connectivity index (χ4n) is 2.35. The van der Waals surface area contributed by atoms with Gasteiger partial charge in [-0.05, 0) is 55.3 Å². The maximum atomic E-state index is 11.6. The van der Waals surface area contributed by atoms with E-state index >= 15 is 0 Å². The van der Waals surface area contributed by atoms with Crippen LogP contribution < -0.4 is 10.6 Å².